The van der Waals surface area contributed by atoms with Crippen molar-refractivity contribution >= 4 is 11.7 Å². The van der Waals surface area contributed by atoms with Crippen molar-refractivity contribution < 1.29 is 9.90 Å². The lowest BCUT2D eigenvalue weighted by Gasteiger charge is -2.15. The Morgan fingerprint density at radius 2 is 2.19 bits per heavy atom. The molecule has 1 atom stereocenters. The van der Waals surface area contributed by atoms with Crippen molar-refractivity contribution in [1.82, 2.24) is 0 Å². The number of hydrogen-bond acceptors (Lipinski definition) is 2. The van der Waals surface area contributed by atoms with E-state index in [-0.39, 0.29) is 5.92 Å². The first kappa shape index (κ1) is 10.7. The van der Waals surface area contributed by atoms with E-state index in [0.29, 0.717) is 11.5 Å². The molecule has 1 aromatic rings. The van der Waals surface area contributed by atoms with Crippen molar-refractivity contribution in [2.24, 2.45) is 5.92 Å². The highest BCUT2D eigenvalue weighted by Crippen LogP contribution is 2.42. The summed E-state index contributed by atoms with van der Waals surface area (Å²) < 4.78 is 0. The summed E-state index contributed by atoms with van der Waals surface area (Å²) in [5.41, 5.74) is 3.31. The predicted octanol–water partition coefficient (Wildman–Crippen LogP) is 3.06. The molecule has 1 unspecified atom stereocenters. The Morgan fingerprint density at radius 1 is 1.50 bits per heavy atom. The van der Waals surface area contributed by atoms with Crippen LogP contribution >= 0.6 is 0 Å². The van der Waals surface area contributed by atoms with Crippen LogP contribution in [0.25, 0.3) is 0 Å². The summed E-state index contributed by atoms with van der Waals surface area (Å²) in [7, 11) is 0. The van der Waals surface area contributed by atoms with Gasteiger partial charge >= 0.3 is 5.97 Å². The van der Waals surface area contributed by atoms with Crippen LogP contribution in [0.3, 0.4) is 0 Å². The monoisotopic (exact) mass is 217 g/mol. The highest BCUT2D eigenvalue weighted by molar-refractivity contribution is 5.89. The molecule has 3 heteroatoms. The summed E-state index contributed by atoms with van der Waals surface area (Å²) in [4.78, 5) is 10.9. The molecule has 0 radical (unpaired) electrons. The first-order chi connectivity index (χ1) is 7.50. The smallest absolute Gasteiger partial charge is 0.335 e. The molecule has 1 aromatic carbocycles. The number of nitrogens with one attached hydrogen (secondary N) is 1. The third-order valence-corrected chi connectivity index (χ3v) is 2.97. The van der Waals surface area contributed by atoms with Gasteiger partial charge in [-0.3, -0.25) is 0 Å². The minimum absolute atomic E-state index is 0.203. The van der Waals surface area contributed by atoms with Crippen LogP contribution in [0.4, 0.5) is 5.69 Å². The van der Waals surface area contributed by atoms with Gasteiger partial charge in [-0.2, -0.15) is 0 Å². The van der Waals surface area contributed by atoms with E-state index in [1.54, 1.807) is 12.1 Å². The van der Waals surface area contributed by atoms with Crippen LogP contribution in [0.2, 0.25) is 0 Å². The zero-order valence-corrected chi connectivity index (χ0v) is 9.45. The van der Waals surface area contributed by atoms with Crippen molar-refractivity contribution in [3.05, 3.63) is 41.6 Å². The fourth-order valence-electron chi connectivity index (χ4n) is 2.27. The quantitative estimate of drug-likeness (QED) is 0.800. The van der Waals surface area contributed by atoms with Gasteiger partial charge in [0.1, 0.15) is 0 Å². The van der Waals surface area contributed by atoms with Crippen LogP contribution in [-0.4, -0.2) is 11.1 Å². The number of benzene rings is 1. The van der Waals surface area contributed by atoms with Gasteiger partial charge < -0.3 is 10.4 Å². The summed E-state index contributed by atoms with van der Waals surface area (Å²) in [6.07, 6.45) is 0. The Labute approximate surface area is 94.8 Å². The van der Waals surface area contributed by atoms with E-state index in [9.17, 15) is 4.79 Å². The van der Waals surface area contributed by atoms with Gasteiger partial charge in [-0.25, -0.2) is 4.79 Å². The summed E-state index contributed by atoms with van der Waals surface area (Å²) in [5.74, 6) is -0.276. The first-order valence-electron chi connectivity index (χ1n) is 5.33. The van der Waals surface area contributed by atoms with Gasteiger partial charge in [0.2, 0.25) is 0 Å². The van der Waals surface area contributed by atoms with Crippen molar-refractivity contribution in [1.29, 1.82) is 0 Å². The molecule has 1 aliphatic heterocycles. The molecule has 0 spiro atoms. The van der Waals surface area contributed by atoms with E-state index in [1.165, 1.54) is 0 Å². The van der Waals surface area contributed by atoms with Crippen molar-refractivity contribution in [3.8, 4) is 0 Å². The van der Waals surface area contributed by atoms with Gasteiger partial charge in [-0.05, 0) is 29.7 Å². The van der Waals surface area contributed by atoms with E-state index < -0.39 is 5.97 Å². The first-order valence-corrected chi connectivity index (χ1v) is 5.33. The van der Waals surface area contributed by atoms with Crippen LogP contribution in [-0.2, 0) is 0 Å². The maximum atomic E-state index is 10.9. The molecule has 0 fully saturated rings. The third-order valence-electron chi connectivity index (χ3n) is 2.97. The van der Waals surface area contributed by atoms with Gasteiger partial charge in [-0.15, -0.1) is 0 Å². The molecule has 3 nitrogen and oxygen atoms in total. The molecule has 16 heavy (non-hydrogen) atoms. The molecule has 1 heterocycles. The molecule has 0 amide bonds. The van der Waals surface area contributed by atoms with E-state index in [4.69, 9.17) is 5.11 Å². The predicted molar refractivity (Wildman–Crippen MR) is 63.7 cm³/mol. The number of carboxylic acid groups (broad SMARTS) is 1. The standard InChI is InChI=1S/C13H15NO2/c1-7(2)12-8(3)14-11-5-4-9(13(15)16)6-10(11)12/h4-7,12,14H,3H2,1-2H3,(H,15,16). The Kier molecular flexibility index (Phi) is 2.46. The van der Waals surface area contributed by atoms with Crippen molar-refractivity contribution in [2.75, 3.05) is 5.32 Å². The highest BCUT2D eigenvalue weighted by Gasteiger charge is 2.28. The number of hydrogen-bond donors (Lipinski definition) is 2. The second kappa shape index (κ2) is 3.67. The summed E-state index contributed by atoms with van der Waals surface area (Å²) in [6.45, 7) is 8.21. The van der Waals surface area contributed by atoms with Crippen LogP contribution in [0.15, 0.2) is 30.5 Å². The van der Waals surface area contributed by atoms with Gasteiger partial charge in [0.25, 0.3) is 0 Å². The number of carbonyl (C=O) groups is 1. The zero-order valence-electron chi connectivity index (χ0n) is 9.45. The normalized spacial score (nSPS) is 18.4. The second-order valence-corrected chi connectivity index (χ2v) is 4.48. The van der Waals surface area contributed by atoms with Gasteiger partial charge in [0.05, 0.1) is 5.56 Å². The average Bonchev–Trinajstić information content (AvgIpc) is 2.51. The molecule has 0 aliphatic carbocycles. The molecular formula is C13H15NO2. The van der Waals surface area contributed by atoms with E-state index in [1.807, 2.05) is 6.07 Å². The molecule has 84 valence electrons. The number of carboxylic acids is 1. The Hall–Kier alpha value is -1.77. The second-order valence-electron chi connectivity index (χ2n) is 4.48. The summed E-state index contributed by atoms with van der Waals surface area (Å²) in [6, 6.07) is 5.17. The molecule has 0 saturated carbocycles. The van der Waals surface area contributed by atoms with Gasteiger partial charge in [0, 0.05) is 17.3 Å². The molecule has 2 rings (SSSR count). The minimum atomic E-state index is -0.886. The minimum Gasteiger partial charge on any atom is -0.478 e. The van der Waals surface area contributed by atoms with Crippen molar-refractivity contribution in [3.63, 3.8) is 0 Å². The SMILES string of the molecule is C=C1Nc2ccc(C(=O)O)cc2C1C(C)C. The lowest BCUT2D eigenvalue weighted by molar-refractivity contribution is 0.0697. The Balaban J connectivity index is 2.50. The van der Waals surface area contributed by atoms with E-state index in [0.717, 1.165) is 16.9 Å². The zero-order chi connectivity index (χ0) is 11.9. The van der Waals surface area contributed by atoms with Crippen LogP contribution in [0, 0.1) is 5.92 Å². The van der Waals surface area contributed by atoms with Gasteiger partial charge in [-0.1, -0.05) is 20.4 Å². The molecule has 0 bridgehead atoms. The fourth-order valence-corrected chi connectivity index (χ4v) is 2.27. The lowest BCUT2D eigenvalue weighted by atomic mass is 9.88. The van der Waals surface area contributed by atoms with Crippen molar-refractivity contribution in [2.45, 2.75) is 19.8 Å². The summed E-state index contributed by atoms with van der Waals surface area (Å²) >= 11 is 0. The molecule has 2 N–H and O–H groups in total. The molecule has 0 saturated heterocycles. The largest absolute Gasteiger partial charge is 0.478 e. The highest BCUT2D eigenvalue weighted by atomic mass is 16.4. The number of rotatable bonds is 2. The molecular weight excluding hydrogens is 202 g/mol. The van der Waals surface area contributed by atoms with E-state index >= 15 is 0 Å². The number of aromatic carboxylic acids is 1. The third kappa shape index (κ3) is 1.58. The average molecular weight is 217 g/mol. The number of fused-ring (bicyclic) bond motifs is 1. The van der Waals surface area contributed by atoms with E-state index in [2.05, 4.69) is 25.7 Å². The van der Waals surface area contributed by atoms with Crippen LogP contribution < -0.4 is 5.32 Å². The molecule has 1 aliphatic rings. The molecule has 0 aromatic heterocycles. The topological polar surface area (TPSA) is 49.3 Å². The lowest BCUT2D eigenvalue weighted by Crippen LogP contribution is -2.06. The number of anilines is 1. The fraction of sp³-hybridized carbons (Fsp3) is 0.308. The van der Waals surface area contributed by atoms with Gasteiger partial charge in [0.15, 0.2) is 0 Å². The van der Waals surface area contributed by atoms with Crippen LogP contribution in [0.1, 0.15) is 35.7 Å². The Bertz CT molecular complexity index is 463. The summed E-state index contributed by atoms with van der Waals surface area (Å²) in [5, 5.41) is 12.2. The maximum Gasteiger partial charge on any atom is 0.335 e. The number of allylic oxidation sites excluding steroid dienone is 1. The maximum absolute atomic E-state index is 10.9. The van der Waals surface area contributed by atoms with Crippen LogP contribution in [0.5, 0.6) is 0 Å². The Morgan fingerprint density at radius 3 is 2.75 bits per heavy atom.